The Bertz CT molecular complexity index is 445. The molecule has 4 nitrogen and oxygen atoms in total. The molecule has 1 aliphatic heterocycles. The summed E-state index contributed by atoms with van der Waals surface area (Å²) in [6.45, 7) is 1.85. The molecule has 0 N–H and O–H groups in total. The average Bonchev–Trinajstić information content (AvgIpc) is 2.68. The van der Waals surface area contributed by atoms with Gasteiger partial charge in [0.15, 0.2) is 11.6 Å². The lowest BCUT2D eigenvalue weighted by Crippen LogP contribution is -2.25. The fourth-order valence-corrected chi connectivity index (χ4v) is 1.62. The summed E-state index contributed by atoms with van der Waals surface area (Å²) in [6, 6.07) is 5.06. The molecule has 16 heavy (non-hydrogen) atoms. The van der Waals surface area contributed by atoms with Crippen molar-refractivity contribution in [3.8, 4) is 5.75 Å². The van der Waals surface area contributed by atoms with Gasteiger partial charge in [-0.1, -0.05) is 12.1 Å². The van der Waals surface area contributed by atoms with Gasteiger partial charge in [-0.25, -0.2) is 4.39 Å². The number of hydrogen-bond donors (Lipinski definition) is 0. The van der Waals surface area contributed by atoms with Gasteiger partial charge >= 0.3 is 0 Å². The van der Waals surface area contributed by atoms with E-state index < -0.39 is 5.54 Å². The summed E-state index contributed by atoms with van der Waals surface area (Å²) < 4.78 is 18.8. The molecule has 1 aromatic carbocycles. The van der Waals surface area contributed by atoms with Crippen molar-refractivity contribution in [1.82, 2.24) is 0 Å². The van der Waals surface area contributed by atoms with E-state index in [4.69, 9.17) is 4.74 Å². The van der Waals surface area contributed by atoms with Gasteiger partial charge in [0, 0.05) is 6.42 Å². The fraction of sp³-hybridized carbons (Fsp3) is 0.364. The molecule has 2 rings (SSSR count). The molecule has 0 aromatic heterocycles. The second-order valence-electron chi connectivity index (χ2n) is 3.90. The molecule has 0 saturated heterocycles. The number of halogens is 1. The largest absolute Gasteiger partial charge is 0.494 e. The maximum atomic E-state index is 13.9. The van der Waals surface area contributed by atoms with E-state index in [-0.39, 0.29) is 11.6 Å². The summed E-state index contributed by atoms with van der Waals surface area (Å²) in [4.78, 5) is 0. The van der Waals surface area contributed by atoms with Crippen molar-refractivity contribution in [2.24, 2.45) is 15.4 Å². The van der Waals surface area contributed by atoms with E-state index in [0.29, 0.717) is 12.0 Å². The summed E-state index contributed by atoms with van der Waals surface area (Å²) in [5.74, 6) is -0.102. The number of benzene rings is 1. The molecule has 0 spiro atoms. The zero-order chi connectivity index (χ0) is 11.6. The SMILES string of the molecule is COc1cccc(CC2(C)C=NN=N2)c1F. The number of nitrogens with zero attached hydrogens (tertiary/aromatic N) is 3. The lowest BCUT2D eigenvalue weighted by molar-refractivity contribution is 0.383. The molecule has 0 radical (unpaired) electrons. The first-order valence-corrected chi connectivity index (χ1v) is 4.92. The van der Waals surface area contributed by atoms with E-state index in [9.17, 15) is 4.39 Å². The van der Waals surface area contributed by atoms with Gasteiger partial charge in [0.2, 0.25) is 0 Å². The van der Waals surface area contributed by atoms with Crippen LogP contribution < -0.4 is 4.74 Å². The van der Waals surface area contributed by atoms with Crippen molar-refractivity contribution in [1.29, 1.82) is 0 Å². The quantitative estimate of drug-likeness (QED) is 0.773. The molecule has 5 heteroatoms. The zero-order valence-corrected chi connectivity index (χ0v) is 9.14. The first kappa shape index (κ1) is 10.7. The van der Waals surface area contributed by atoms with Gasteiger partial charge in [-0.3, -0.25) is 0 Å². The van der Waals surface area contributed by atoms with Crippen LogP contribution in [0.25, 0.3) is 0 Å². The van der Waals surface area contributed by atoms with E-state index in [2.05, 4.69) is 15.4 Å². The first-order valence-electron chi connectivity index (χ1n) is 4.92. The molecule has 1 heterocycles. The van der Waals surface area contributed by atoms with E-state index in [0.717, 1.165) is 0 Å². The van der Waals surface area contributed by atoms with Crippen molar-refractivity contribution in [3.63, 3.8) is 0 Å². The van der Waals surface area contributed by atoms with Crippen molar-refractivity contribution < 1.29 is 9.13 Å². The molecule has 1 aromatic rings. The Morgan fingerprint density at radius 2 is 2.25 bits per heavy atom. The van der Waals surface area contributed by atoms with Gasteiger partial charge in [0.25, 0.3) is 0 Å². The van der Waals surface area contributed by atoms with Crippen LogP contribution in [0.5, 0.6) is 5.75 Å². The normalized spacial score (nSPS) is 22.7. The summed E-state index contributed by atoms with van der Waals surface area (Å²) in [5, 5.41) is 11.2. The Balaban J connectivity index is 2.28. The zero-order valence-electron chi connectivity index (χ0n) is 9.14. The highest BCUT2D eigenvalue weighted by atomic mass is 19.1. The molecular weight excluding hydrogens is 209 g/mol. The van der Waals surface area contributed by atoms with Crippen molar-refractivity contribution >= 4 is 6.21 Å². The Kier molecular flexibility index (Phi) is 2.68. The Morgan fingerprint density at radius 1 is 1.44 bits per heavy atom. The van der Waals surface area contributed by atoms with Crippen LogP contribution in [0.15, 0.2) is 33.6 Å². The van der Waals surface area contributed by atoms with Gasteiger partial charge in [0.05, 0.1) is 13.3 Å². The minimum absolute atomic E-state index is 0.243. The highest BCUT2D eigenvalue weighted by Crippen LogP contribution is 2.26. The fourth-order valence-electron chi connectivity index (χ4n) is 1.62. The third kappa shape index (κ3) is 1.93. The van der Waals surface area contributed by atoms with Crippen LogP contribution in [0, 0.1) is 5.82 Å². The minimum Gasteiger partial charge on any atom is -0.494 e. The maximum absolute atomic E-state index is 13.9. The molecule has 0 amide bonds. The van der Waals surface area contributed by atoms with Crippen LogP contribution >= 0.6 is 0 Å². The lowest BCUT2D eigenvalue weighted by Gasteiger charge is -2.16. The van der Waals surface area contributed by atoms with Crippen LogP contribution in [0.4, 0.5) is 4.39 Å². The topological polar surface area (TPSA) is 46.3 Å². The minimum atomic E-state index is -0.548. The monoisotopic (exact) mass is 221 g/mol. The van der Waals surface area contributed by atoms with Crippen LogP contribution in [0.2, 0.25) is 0 Å². The standard InChI is InChI=1S/C11H12FN3O/c1-11(7-13-15-14-11)6-8-4-3-5-9(16-2)10(8)12/h3-5,7H,6H2,1-2H3. The molecule has 1 atom stereocenters. The van der Waals surface area contributed by atoms with Gasteiger partial charge < -0.3 is 4.74 Å². The van der Waals surface area contributed by atoms with Crippen molar-refractivity contribution in [2.45, 2.75) is 18.9 Å². The molecular formula is C11H12FN3O. The van der Waals surface area contributed by atoms with Crippen LogP contribution in [0.1, 0.15) is 12.5 Å². The molecule has 1 aliphatic rings. The molecule has 0 saturated carbocycles. The van der Waals surface area contributed by atoms with E-state index >= 15 is 0 Å². The summed E-state index contributed by atoms with van der Waals surface area (Å²) in [5.41, 5.74) is 0.00173. The highest BCUT2D eigenvalue weighted by molar-refractivity contribution is 5.71. The van der Waals surface area contributed by atoms with Crippen LogP contribution in [0.3, 0.4) is 0 Å². The second kappa shape index (κ2) is 4.00. The molecule has 0 fully saturated rings. The van der Waals surface area contributed by atoms with E-state index in [1.54, 1.807) is 24.4 Å². The average molecular weight is 221 g/mol. The number of ether oxygens (including phenoxy) is 1. The van der Waals surface area contributed by atoms with Crippen molar-refractivity contribution in [3.05, 3.63) is 29.6 Å². The number of hydrogen-bond acceptors (Lipinski definition) is 4. The van der Waals surface area contributed by atoms with E-state index in [1.807, 2.05) is 6.92 Å². The second-order valence-corrected chi connectivity index (χ2v) is 3.90. The first-order chi connectivity index (χ1) is 7.64. The van der Waals surface area contributed by atoms with Crippen molar-refractivity contribution in [2.75, 3.05) is 7.11 Å². The van der Waals surface area contributed by atoms with Gasteiger partial charge in [-0.15, -0.1) is 5.10 Å². The number of methoxy groups -OCH3 is 1. The van der Waals surface area contributed by atoms with Crippen LogP contribution in [-0.4, -0.2) is 18.9 Å². The molecule has 1 unspecified atom stereocenters. The third-order valence-electron chi connectivity index (χ3n) is 2.47. The summed E-state index contributed by atoms with van der Waals surface area (Å²) in [7, 11) is 1.45. The number of rotatable bonds is 3. The molecule has 0 aliphatic carbocycles. The Hall–Kier alpha value is -1.78. The smallest absolute Gasteiger partial charge is 0.168 e. The Labute approximate surface area is 92.8 Å². The lowest BCUT2D eigenvalue weighted by atomic mass is 9.95. The Morgan fingerprint density at radius 3 is 2.88 bits per heavy atom. The highest BCUT2D eigenvalue weighted by Gasteiger charge is 2.27. The van der Waals surface area contributed by atoms with Gasteiger partial charge in [-0.2, -0.15) is 5.11 Å². The molecule has 0 bridgehead atoms. The maximum Gasteiger partial charge on any atom is 0.168 e. The summed E-state index contributed by atoms with van der Waals surface area (Å²) in [6.07, 6.45) is 2.04. The molecule has 84 valence electrons. The predicted molar refractivity (Wildman–Crippen MR) is 58.4 cm³/mol. The van der Waals surface area contributed by atoms with Gasteiger partial charge in [0.1, 0.15) is 5.54 Å². The summed E-state index contributed by atoms with van der Waals surface area (Å²) >= 11 is 0. The third-order valence-corrected chi connectivity index (χ3v) is 2.47. The van der Waals surface area contributed by atoms with Crippen LogP contribution in [-0.2, 0) is 6.42 Å². The van der Waals surface area contributed by atoms with E-state index in [1.165, 1.54) is 7.11 Å². The predicted octanol–water partition coefficient (Wildman–Crippen LogP) is 2.59. The van der Waals surface area contributed by atoms with Gasteiger partial charge in [-0.05, 0) is 23.8 Å².